The van der Waals surface area contributed by atoms with Crippen molar-refractivity contribution in [1.82, 2.24) is 6.15 Å². The van der Waals surface area contributed by atoms with Gasteiger partial charge in [0, 0.05) is 0 Å². The molecule has 4 heteroatoms. The standard InChI is InChI=1S/Ga.2In.H3N.9H/h;;;1H3;;;;;;;;;. The van der Waals surface area contributed by atoms with Crippen LogP contribution in [0.25, 0.3) is 0 Å². The van der Waals surface area contributed by atoms with Crippen molar-refractivity contribution in [2.24, 2.45) is 0 Å². The van der Waals surface area contributed by atoms with E-state index in [0.717, 1.165) is 0 Å². The van der Waals surface area contributed by atoms with Gasteiger partial charge in [0.05, 0.1) is 0 Å². The van der Waals surface area contributed by atoms with E-state index in [-0.39, 0.29) is 77.6 Å². The summed E-state index contributed by atoms with van der Waals surface area (Å²) in [6, 6.07) is 0. The third kappa shape index (κ3) is 8.84. The number of rotatable bonds is 0. The maximum absolute atomic E-state index is 0. The summed E-state index contributed by atoms with van der Waals surface area (Å²) in [7, 11) is 0. The van der Waals surface area contributed by atoms with Crippen LogP contribution in [0.5, 0.6) is 0 Å². The van der Waals surface area contributed by atoms with Gasteiger partial charge in [0.1, 0.15) is 0 Å². The van der Waals surface area contributed by atoms with Crippen LogP contribution in [0.3, 0.4) is 0 Å². The van der Waals surface area contributed by atoms with Gasteiger partial charge in [-0.05, 0) is 0 Å². The van der Waals surface area contributed by atoms with Crippen molar-refractivity contribution in [3.05, 3.63) is 0 Å². The zero-order valence-electron chi connectivity index (χ0n) is 0.707. The molecule has 0 aromatic rings. The van der Waals surface area contributed by atoms with Crippen LogP contribution in [0, 0.1) is 0 Å². The third-order valence-electron chi connectivity index (χ3n) is 0. The molecule has 0 spiro atoms. The number of hydrogen-bond acceptors (Lipinski definition) is 1. The molecule has 0 aliphatic carbocycles. The predicted octanol–water partition coefficient (Wildman–Crippen LogP) is -3.39. The minimum atomic E-state index is 0. The van der Waals surface area contributed by atoms with Gasteiger partial charge in [0.15, 0.2) is 0 Å². The van der Waals surface area contributed by atoms with Crippen LogP contribution < -0.4 is 6.15 Å². The Morgan fingerprint density at radius 2 is 0.750 bits per heavy atom. The monoisotopic (exact) mass is 325 g/mol. The van der Waals surface area contributed by atoms with Crippen LogP contribution in [-0.2, 0) is 0 Å². The van der Waals surface area contributed by atoms with Gasteiger partial charge in [0.2, 0.25) is 0 Å². The average molecular weight is 325 g/mol. The quantitative estimate of drug-likeness (QED) is 0.463. The van der Waals surface area contributed by atoms with Crippen LogP contribution in [0.1, 0.15) is 0 Å². The molecular formula is H12GaIn2N. The Hall–Kier alpha value is 2.34. The van der Waals surface area contributed by atoms with Crippen LogP contribution in [-0.4, -0.2) is 71.5 Å². The summed E-state index contributed by atoms with van der Waals surface area (Å²) in [6.07, 6.45) is 0. The molecule has 0 unspecified atom stereocenters. The van der Waals surface area contributed by atoms with E-state index in [2.05, 4.69) is 0 Å². The van der Waals surface area contributed by atoms with E-state index >= 15 is 0 Å². The van der Waals surface area contributed by atoms with Gasteiger partial charge in [0.25, 0.3) is 0 Å². The van der Waals surface area contributed by atoms with E-state index in [1.165, 1.54) is 0 Å². The molecule has 0 amide bonds. The summed E-state index contributed by atoms with van der Waals surface area (Å²) < 4.78 is 0. The average Bonchev–Trinajstić information content (AvgIpc) is 0. The van der Waals surface area contributed by atoms with Crippen molar-refractivity contribution in [3.8, 4) is 0 Å². The van der Waals surface area contributed by atoms with Gasteiger partial charge >= 0.3 is 71.5 Å². The van der Waals surface area contributed by atoms with Crippen LogP contribution >= 0.6 is 0 Å². The zero-order chi connectivity index (χ0) is 0. The molecular weight excluding hydrogens is 313 g/mol. The Labute approximate surface area is 76.5 Å². The molecule has 4 heavy (non-hydrogen) atoms. The van der Waals surface area contributed by atoms with E-state index in [1.54, 1.807) is 0 Å². The van der Waals surface area contributed by atoms with Gasteiger partial charge in [-0.15, -0.1) is 0 Å². The molecule has 0 fully saturated rings. The molecule has 0 heterocycles. The molecule has 0 saturated heterocycles. The molecule has 0 aliphatic rings. The zero-order valence-corrected chi connectivity index (χ0v) is 0.707. The van der Waals surface area contributed by atoms with Gasteiger partial charge in [-0.2, -0.15) is 0 Å². The fourth-order valence-corrected chi connectivity index (χ4v) is 0. The second-order valence-corrected chi connectivity index (χ2v) is 0. The topological polar surface area (TPSA) is 35.0 Å². The first-order chi connectivity index (χ1) is 0. The Morgan fingerprint density at radius 1 is 0.750 bits per heavy atom. The summed E-state index contributed by atoms with van der Waals surface area (Å²) in [5, 5.41) is 0. The Balaban J connectivity index is 0. The molecule has 0 aromatic carbocycles. The van der Waals surface area contributed by atoms with Crippen LogP contribution in [0.15, 0.2) is 0 Å². The number of hydrogen-bond donors (Lipinski definition) is 1. The van der Waals surface area contributed by atoms with Gasteiger partial charge in [-0.25, -0.2) is 0 Å². The molecule has 1 nitrogen and oxygen atoms in total. The van der Waals surface area contributed by atoms with Crippen LogP contribution in [0.4, 0.5) is 0 Å². The van der Waals surface area contributed by atoms with E-state index in [4.69, 9.17) is 0 Å². The van der Waals surface area contributed by atoms with Crippen LogP contribution in [0.2, 0.25) is 0 Å². The Kier molecular flexibility index (Phi) is 152. The molecule has 3 N–H and O–H groups in total. The normalized spacial score (nSPS) is 0. The first kappa shape index (κ1) is 33.1. The fourth-order valence-electron chi connectivity index (χ4n) is 0. The van der Waals surface area contributed by atoms with E-state index < -0.39 is 0 Å². The van der Waals surface area contributed by atoms with Gasteiger partial charge < -0.3 is 6.15 Å². The van der Waals surface area contributed by atoms with E-state index in [9.17, 15) is 0 Å². The van der Waals surface area contributed by atoms with E-state index in [0.29, 0.717) is 0 Å². The Bertz CT molecular complexity index is 6.00. The van der Waals surface area contributed by atoms with Crippen molar-refractivity contribution >= 4 is 71.5 Å². The fraction of sp³-hybridized carbons (Fsp3) is 0. The molecule has 0 atom stereocenters. The van der Waals surface area contributed by atoms with E-state index in [1.807, 2.05) is 0 Å². The minimum absolute atomic E-state index is 0. The maximum atomic E-state index is 0. The second-order valence-electron chi connectivity index (χ2n) is 0. The van der Waals surface area contributed by atoms with Crippen molar-refractivity contribution in [2.75, 3.05) is 0 Å². The molecule has 0 rings (SSSR count). The SMILES string of the molecule is N.[GaH3].[InH3].[InH3]. The molecule has 0 aliphatic heterocycles. The van der Waals surface area contributed by atoms with Crippen molar-refractivity contribution in [1.29, 1.82) is 0 Å². The van der Waals surface area contributed by atoms with Gasteiger partial charge in [-0.1, -0.05) is 0 Å². The summed E-state index contributed by atoms with van der Waals surface area (Å²) in [4.78, 5) is 0. The predicted molar refractivity (Wildman–Crippen MR) is 34.8 cm³/mol. The molecule has 0 saturated carbocycles. The van der Waals surface area contributed by atoms with Gasteiger partial charge in [-0.3, -0.25) is 0 Å². The summed E-state index contributed by atoms with van der Waals surface area (Å²) in [6.45, 7) is 0. The van der Waals surface area contributed by atoms with Crippen molar-refractivity contribution in [2.45, 2.75) is 0 Å². The van der Waals surface area contributed by atoms with Crippen molar-refractivity contribution in [3.63, 3.8) is 0 Å². The summed E-state index contributed by atoms with van der Waals surface area (Å²) in [5.41, 5.74) is 0. The Morgan fingerprint density at radius 3 is 0.750 bits per heavy atom. The summed E-state index contributed by atoms with van der Waals surface area (Å²) >= 11 is 0. The first-order valence-corrected chi connectivity index (χ1v) is 0. The molecule has 0 radical (unpaired) electrons. The summed E-state index contributed by atoms with van der Waals surface area (Å²) in [5.74, 6) is 0. The molecule has 0 bridgehead atoms. The first-order valence-electron chi connectivity index (χ1n) is 0. The third-order valence-corrected chi connectivity index (χ3v) is 0. The van der Waals surface area contributed by atoms with Crippen molar-refractivity contribution < 1.29 is 0 Å². The molecule has 0 aromatic heterocycles. The second kappa shape index (κ2) is 18.4. The molecule has 26 valence electrons.